The number of halogens is 1. The molecule has 1 heterocycles. The Morgan fingerprint density at radius 2 is 2.10 bits per heavy atom. The van der Waals surface area contributed by atoms with E-state index in [0.717, 1.165) is 6.54 Å². The number of amides is 1. The van der Waals surface area contributed by atoms with Crippen LogP contribution in [0.5, 0.6) is 0 Å². The van der Waals surface area contributed by atoms with Gasteiger partial charge in [0, 0.05) is 20.1 Å². The number of hydrogen-bond donors (Lipinski definition) is 1. The highest BCUT2D eigenvalue weighted by Gasteiger charge is 2.19. The van der Waals surface area contributed by atoms with E-state index >= 15 is 0 Å². The standard InChI is InChI=1S/C14H18N4O2.ClH/c1-10-16-13(20-17-10)11-6-4-5-7-12(11)14(19)18(3)9-8-15-2;/h4-7,15H,8-9H2,1-3H3;1H. The second kappa shape index (κ2) is 7.75. The second-order valence-corrected chi connectivity index (χ2v) is 4.52. The maximum absolute atomic E-state index is 12.5. The lowest BCUT2D eigenvalue weighted by atomic mass is 10.1. The van der Waals surface area contributed by atoms with Crippen LogP contribution >= 0.6 is 12.4 Å². The Morgan fingerprint density at radius 3 is 2.71 bits per heavy atom. The molecule has 21 heavy (non-hydrogen) atoms. The Labute approximate surface area is 129 Å². The molecule has 2 aromatic rings. The molecule has 1 aromatic heterocycles. The van der Waals surface area contributed by atoms with Crippen molar-refractivity contribution in [2.45, 2.75) is 6.92 Å². The third-order valence-corrected chi connectivity index (χ3v) is 2.96. The van der Waals surface area contributed by atoms with Crippen molar-refractivity contribution in [2.24, 2.45) is 0 Å². The monoisotopic (exact) mass is 310 g/mol. The summed E-state index contributed by atoms with van der Waals surface area (Å²) >= 11 is 0. The van der Waals surface area contributed by atoms with Crippen molar-refractivity contribution in [3.05, 3.63) is 35.7 Å². The third-order valence-electron chi connectivity index (χ3n) is 2.96. The Hall–Kier alpha value is -1.92. The van der Waals surface area contributed by atoms with Crippen molar-refractivity contribution in [2.75, 3.05) is 27.2 Å². The van der Waals surface area contributed by atoms with E-state index in [0.29, 0.717) is 29.4 Å². The van der Waals surface area contributed by atoms with Crippen LogP contribution in [0.1, 0.15) is 16.2 Å². The van der Waals surface area contributed by atoms with Gasteiger partial charge in [0.05, 0.1) is 11.1 Å². The lowest BCUT2D eigenvalue weighted by Gasteiger charge is -2.18. The van der Waals surface area contributed by atoms with Gasteiger partial charge in [0.2, 0.25) is 0 Å². The van der Waals surface area contributed by atoms with Gasteiger partial charge in [-0.25, -0.2) is 0 Å². The van der Waals surface area contributed by atoms with Gasteiger partial charge >= 0.3 is 0 Å². The molecule has 0 aliphatic heterocycles. The number of aromatic nitrogens is 2. The van der Waals surface area contributed by atoms with Gasteiger partial charge < -0.3 is 14.7 Å². The first-order chi connectivity index (χ1) is 9.63. The van der Waals surface area contributed by atoms with E-state index in [-0.39, 0.29) is 18.3 Å². The third kappa shape index (κ3) is 4.03. The zero-order valence-corrected chi connectivity index (χ0v) is 13.1. The first-order valence-corrected chi connectivity index (χ1v) is 6.43. The van der Waals surface area contributed by atoms with Gasteiger partial charge in [-0.2, -0.15) is 4.98 Å². The van der Waals surface area contributed by atoms with Crippen LogP contribution < -0.4 is 5.32 Å². The zero-order chi connectivity index (χ0) is 14.5. The second-order valence-electron chi connectivity index (χ2n) is 4.52. The zero-order valence-electron chi connectivity index (χ0n) is 12.3. The van der Waals surface area contributed by atoms with E-state index in [4.69, 9.17) is 4.52 Å². The van der Waals surface area contributed by atoms with E-state index in [1.165, 1.54) is 0 Å². The van der Waals surface area contributed by atoms with Crippen LogP contribution in [0.15, 0.2) is 28.8 Å². The van der Waals surface area contributed by atoms with Gasteiger partial charge in [-0.15, -0.1) is 12.4 Å². The molecule has 0 spiro atoms. The molecule has 114 valence electrons. The average molecular weight is 311 g/mol. The first-order valence-electron chi connectivity index (χ1n) is 6.43. The van der Waals surface area contributed by atoms with Gasteiger partial charge in [-0.1, -0.05) is 17.3 Å². The van der Waals surface area contributed by atoms with Crippen molar-refractivity contribution in [1.29, 1.82) is 0 Å². The first kappa shape index (κ1) is 17.1. The highest BCUT2D eigenvalue weighted by Crippen LogP contribution is 2.22. The van der Waals surface area contributed by atoms with Crippen molar-refractivity contribution >= 4 is 18.3 Å². The summed E-state index contributed by atoms with van der Waals surface area (Å²) in [6.07, 6.45) is 0. The van der Waals surface area contributed by atoms with E-state index in [9.17, 15) is 4.79 Å². The number of rotatable bonds is 5. The summed E-state index contributed by atoms with van der Waals surface area (Å²) in [6.45, 7) is 3.12. The minimum absolute atomic E-state index is 0. The molecule has 2 rings (SSSR count). The number of carbonyl (C=O) groups is 1. The summed E-state index contributed by atoms with van der Waals surface area (Å²) in [6, 6.07) is 7.25. The molecule has 0 radical (unpaired) electrons. The molecule has 0 unspecified atom stereocenters. The molecule has 0 saturated carbocycles. The average Bonchev–Trinajstić information content (AvgIpc) is 2.90. The molecule has 1 N–H and O–H groups in total. The lowest BCUT2D eigenvalue weighted by Crippen LogP contribution is -2.33. The van der Waals surface area contributed by atoms with Crippen LogP contribution in [0.3, 0.4) is 0 Å². The Bertz CT molecular complexity index is 600. The van der Waals surface area contributed by atoms with E-state index in [2.05, 4.69) is 15.5 Å². The lowest BCUT2D eigenvalue weighted by molar-refractivity contribution is 0.0797. The topological polar surface area (TPSA) is 71.3 Å². The molecule has 1 amide bonds. The summed E-state index contributed by atoms with van der Waals surface area (Å²) in [5.74, 6) is 0.853. The normalized spacial score (nSPS) is 10.0. The number of nitrogens with zero attached hydrogens (tertiary/aromatic N) is 3. The van der Waals surface area contributed by atoms with Crippen molar-refractivity contribution < 1.29 is 9.32 Å². The summed E-state index contributed by atoms with van der Waals surface area (Å²) in [4.78, 5) is 18.3. The summed E-state index contributed by atoms with van der Waals surface area (Å²) in [5, 5.41) is 6.79. The van der Waals surface area contributed by atoms with Crippen LogP contribution in [0.25, 0.3) is 11.5 Å². The molecule has 0 aliphatic rings. The van der Waals surface area contributed by atoms with Gasteiger partial charge in [0.25, 0.3) is 11.8 Å². The van der Waals surface area contributed by atoms with Crippen molar-refractivity contribution in [1.82, 2.24) is 20.4 Å². The molecule has 0 atom stereocenters. The molecule has 0 bridgehead atoms. The predicted octanol–water partition coefficient (Wildman–Crippen LogP) is 1.76. The molecule has 0 saturated heterocycles. The van der Waals surface area contributed by atoms with E-state index in [1.807, 2.05) is 25.2 Å². The fraction of sp³-hybridized carbons (Fsp3) is 0.357. The predicted molar refractivity (Wildman–Crippen MR) is 82.6 cm³/mol. The smallest absolute Gasteiger partial charge is 0.258 e. The largest absolute Gasteiger partial charge is 0.340 e. The fourth-order valence-electron chi connectivity index (χ4n) is 1.85. The van der Waals surface area contributed by atoms with Crippen LogP contribution in [0, 0.1) is 6.92 Å². The van der Waals surface area contributed by atoms with E-state index in [1.54, 1.807) is 24.9 Å². The maximum Gasteiger partial charge on any atom is 0.258 e. The molecule has 7 heteroatoms. The van der Waals surface area contributed by atoms with Crippen LogP contribution in [0.2, 0.25) is 0 Å². The van der Waals surface area contributed by atoms with Crippen LogP contribution in [0.4, 0.5) is 0 Å². The Kier molecular flexibility index (Phi) is 6.33. The van der Waals surface area contributed by atoms with Crippen molar-refractivity contribution in [3.8, 4) is 11.5 Å². The minimum Gasteiger partial charge on any atom is -0.340 e. The Balaban J connectivity index is 0.00000220. The van der Waals surface area contributed by atoms with Crippen LogP contribution in [-0.2, 0) is 0 Å². The minimum atomic E-state index is -0.0632. The summed E-state index contributed by atoms with van der Waals surface area (Å²) in [7, 11) is 3.63. The number of nitrogens with one attached hydrogen (secondary N) is 1. The maximum atomic E-state index is 12.5. The quantitative estimate of drug-likeness (QED) is 0.911. The molecule has 1 aromatic carbocycles. The van der Waals surface area contributed by atoms with Gasteiger partial charge in [-0.05, 0) is 26.1 Å². The number of benzene rings is 1. The van der Waals surface area contributed by atoms with Crippen molar-refractivity contribution in [3.63, 3.8) is 0 Å². The Morgan fingerprint density at radius 1 is 1.38 bits per heavy atom. The summed E-state index contributed by atoms with van der Waals surface area (Å²) in [5.41, 5.74) is 1.23. The number of hydrogen-bond acceptors (Lipinski definition) is 5. The van der Waals surface area contributed by atoms with Gasteiger partial charge in [-0.3, -0.25) is 4.79 Å². The number of carbonyl (C=O) groups excluding carboxylic acids is 1. The van der Waals surface area contributed by atoms with Gasteiger partial charge in [0.15, 0.2) is 5.82 Å². The molecule has 0 aliphatic carbocycles. The molecular formula is C14H19ClN4O2. The molecular weight excluding hydrogens is 292 g/mol. The fourth-order valence-corrected chi connectivity index (χ4v) is 1.85. The van der Waals surface area contributed by atoms with E-state index < -0.39 is 0 Å². The summed E-state index contributed by atoms with van der Waals surface area (Å²) < 4.78 is 5.16. The highest BCUT2D eigenvalue weighted by atomic mass is 35.5. The van der Waals surface area contributed by atoms with Crippen LogP contribution in [-0.4, -0.2) is 48.1 Å². The van der Waals surface area contributed by atoms with Gasteiger partial charge in [0.1, 0.15) is 0 Å². The number of aryl methyl sites for hydroxylation is 1. The highest BCUT2D eigenvalue weighted by molar-refractivity contribution is 5.99. The SMILES string of the molecule is CNCCN(C)C(=O)c1ccccc1-c1nc(C)no1.Cl. The number of likely N-dealkylation sites (N-methyl/N-ethyl adjacent to an activating group) is 2. The molecule has 6 nitrogen and oxygen atoms in total. The molecule has 0 fully saturated rings.